The molecule has 1 fully saturated rings. The van der Waals surface area contributed by atoms with Crippen LogP contribution in [0.1, 0.15) is 44.9 Å². The van der Waals surface area contributed by atoms with Crippen LogP contribution in [0, 0.1) is 5.92 Å². The van der Waals surface area contributed by atoms with Gasteiger partial charge in [-0.1, -0.05) is 13.3 Å². The molecule has 1 saturated heterocycles. The Labute approximate surface area is 135 Å². The van der Waals surface area contributed by atoms with Gasteiger partial charge in [-0.2, -0.15) is 4.98 Å². The molecule has 1 aliphatic rings. The van der Waals surface area contributed by atoms with E-state index < -0.39 is 6.10 Å². The molecule has 1 aliphatic heterocycles. The van der Waals surface area contributed by atoms with Gasteiger partial charge in [-0.3, -0.25) is 0 Å². The van der Waals surface area contributed by atoms with Gasteiger partial charge < -0.3 is 20.9 Å². The van der Waals surface area contributed by atoms with Crippen molar-refractivity contribution in [3.05, 3.63) is 11.9 Å². The van der Waals surface area contributed by atoms with Crippen molar-refractivity contribution >= 4 is 11.5 Å². The van der Waals surface area contributed by atoms with Crippen LogP contribution in [-0.2, 0) is 0 Å². The summed E-state index contributed by atoms with van der Waals surface area (Å²) in [7, 11) is 0. The molecule has 8 heteroatoms. The van der Waals surface area contributed by atoms with Gasteiger partial charge in [-0.25, -0.2) is 9.50 Å². The number of fused-ring (bicyclic) bond motifs is 1. The molecule has 0 saturated carbocycles. The highest BCUT2D eigenvalue weighted by Gasteiger charge is 2.28. The van der Waals surface area contributed by atoms with Crippen molar-refractivity contribution in [2.75, 3.05) is 18.8 Å². The van der Waals surface area contributed by atoms with Gasteiger partial charge in [0.25, 0.3) is 0 Å². The maximum atomic E-state index is 10.6. The highest BCUT2D eigenvalue weighted by Crippen LogP contribution is 2.28. The molecule has 0 bridgehead atoms. The van der Waals surface area contributed by atoms with Gasteiger partial charge in [0.1, 0.15) is 6.10 Å². The quantitative estimate of drug-likeness (QED) is 0.725. The maximum Gasteiger partial charge on any atom is 0.336 e. The molecule has 0 aromatic carbocycles. The largest absolute Gasteiger partial charge is 0.459 e. The molecule has 0 amide bonds. The molecule has 3 rings (SSSR count). The van der Waals surface area contributed by atoms with E-state index in [1.807, 2.05) is 6.92 Å². The molecule has 0 radical (unpaired) electrons. The van der Waals surface area contributed by atoms with Crippen LogP contribution >= 0.6 is 0 Å². The smallest absolute Gasteiger partial charge is 0.336 e. The van der Waals surface area contributed by atoms with Crippen LogP contribution in [0.2, 0.25) is 0 Å². The summed E-state index contributed by atoms with van der Waals surface area (Å²) < 4.78 is 7.28. The highest BCUT2D eigenvalue weighted by molar-refractivity contribution is 5.59. The number of nitrogens with two attached hydrogens (primary N) is 1. The summed E-state index contributed by atoms with van der Waals surface area (Å²) in [5.41, 5.74) is 7.03. The van der Waals surface area contributed by atoms with Gasteiger partial charge in [-0.05, 0) is 26.3 Å². The average molecular weight is 320 g/mol. The first-order valence-electron chi connectivity index (χ1n) is 8.16. The summed E-state index contributed by atoms with van der Waals surface area (Å²) >= 11 is 0. The number of aliphatic hydroxyl groups is 1. The first kappa shape index (κ1) is 15.9. The van der Waals surface area contributed by atoms with E-state index in [1.54, 1.807) is 10.7 Å². The van der Waals surface area contributed by atoms with Crippen molar-refractivity contribution in [3.63, 3.8) is 0 Å². The van der Waals surface area contributed by atoms with Gasteiger partial charge in [0, 0.05) is 12.5 Å². The van der Waals surface area contributed by atoms with Crippen molar-refractivity contribution in [3.8, 4) is 6.01 Å². The van der Waals surface area contributed by atoms with E-state index in [4.69, 9.17) is 10.5 Å². The lowest BCUT2D eigenvalue weighted by Crippen LogP contribution is -2.19. The van der Waals surface area contributed by atoms with E-state index in [2.05, 4.69) is 27.3 Å². The summed E-state index contributed by atoms with van der Waals surface area (Å²) in [6, 6.07) is 0.215. The van der Waals surface area contributed by atoms with Gasteiger partial charge in [0.2, 0.25) is 0 Å². The Morgan fingerprint density at radius 1 is 1.57 bits per heavy atom. The second kappa shape index (κ2) is 6.67. The number of aromatic nitrogens is 4. The van der Waals surface area contributed by atoms with Crippen molar-refractivity contribution in [1.29, 1.82) is 0 Å². The summed E-state index contributed by atoms with van der Waals surface area (Å²) in [6.07, 6.45) is 3.83. The van der Waals surface area contributed by atoms with Crippen molar-refractivity contribution in [2.45, 2.75) is 45.3 Å². The Morgan fingerprint density at radius 2 is 2.39 bits per heavy atom. The minimum atomic E-state index is -0.643. The first-order chi connectivity index (χ1) is 11.1. The van der Waals surface area contributed by atoms with Crippen LogP contribution in [0.15, 0.2) is 6.20 Å². The minimum absolute atomic E-state index is 0.00720. The summed E-state index contributed by atoms with van der Waals surface area (Å²) in [5.74, 6) is 0.399. The van der Waals surface area contributed by atoms with Crippen molar-refractivity contribution < 1.29 is 9.84 Å². The molecule has 8 nitrogen and oxygen atoms in total. The number of anilines is 1. The summed E-state index contributed by atoms with van der Waals surface area (Å²) in [5, 5.41) is 18.2. The SMILES string of the molecule is CCC[C@H](C)Oc1nc(N)c2ncc(C(O)C3CCNC3)n2n1. The Balaban J connectivity index is 1.92. The minimum Gasteiger partial charge on any atom is -0.459 e. The summed E-state index contributed by atoms with van der Waals surface area (Å²) in [6.45, 7) is 5.77. The number of hydrogen-bond donors (Lipinski definition) is 3. The zero-order valence-electron chi connectivity index (χ0n) is 13.6. The third-order valence-corrected chi connectivity index (χ3v) is 4.24. The molecule has 3 heterocycles. The first-order valence-corrected chi connectivity index (χ1v) is 8.16. The number of ether oxygens (including phenoxy) is 1. The average Bonchev–Trinajstić information content (AvgIpc) is 3.16. The molecule has 4 N–H and O–H groups in total. The molecule has 3 atom stereocenters. The second-order valence-corrected chi connectivity index (χ2v) is 6.11. The van der Waals surface area contributed by atoms with Crippen LogP contribution in [-0.4, -0.2) is 43.9 Å². The lowest BCUT2D eigenvalue weighted by atomic mass is 10.00. The van der Waals surface area contributed by atoms with E-state index >= 15 is 0 Å². The Morgan fingerprint density at radius 3 is 3.09 bits per heavy atom. The number of rotatable bonds is 6. The zero-order chi connectivity index (χ0) is 16.4. The fourth-order valence-electron chi connectivity index (χ4n) is 2.98. The van der Waals surface area contributed by atoms with E-state index in [9.17, 15) is 5.11 Å². The monoisotopic (exact) mass is 320 g/mol. The predicted octanol–water partition coefficient (Wildman–Crippen LogP) is 0.917. The van der Waals surface area contributed by atoms with Gasteiger partial charge in [0.15, 0.2) is 11.5 Å². The molecule has 0 aliphatic carbocycles. The van der Waals surface area contributed by atoms with Crippen LogP contribution in [0.4, 0.5) is 5.82 Å². The van der Waals surface area contributed by atoms with Gasteiger partial charge >= 0.3 is 6.01 Å². The molecular weight excluding hydrogens is 296 g/mol. The van der Waals surface area contributed by atoms with Crippen LogP contribution in [0.25, 0.3) is 5.65 Å². The standard InChI is InChI=1S/C15H24N6O2/c1-3-4-9(2)23-15-19-13(16)14-18-8-11(21(14)20-15)12(22)10-5-6-17-7-10/h8-10,12,17,22H,3-7H2,1-2H3,(H2,16,19,20)/t9-,10?,12?/m0/s1. The number of imidazole rings is 1. The van der Waals surface area contributed by atoms with Crippen molar-refractivity contribution in [2.24, 2.45) is 5.92 Å². The van der Waals surface area contributed by atoms with E-state index in [-0.39, 0.29) is 23.9 Å². The Hall–Kier alpha value is -1.93. The van der Waals surface area contributed by atoms with Gasteiger partial charge in [0.05, 0.1) is 18.0 Å². The lowest BCUT2D eigenvalue weighted by molar-refractivity contribution is 0.111. The Bertz CT molecular complexity index is 667. The second-order valence-electron chi connectivity index (χ2n) is 6.11. The molecular formula is C15H24N6O2. The fourth-order valence-corrected chi connectivity index (χ4v) is 2.98. The topological polar surface area (TPSA) is 111 Å². The third-order valence-electron chi connectivity index (χ3n) is 4.24. The summed E-state index contributed by atoms with van der Waals surface area (Å²) in [4.78, 5) is 8.41. The number of hydrogen-bond acceptors (Lipinski definition) is 7. The third kappa shape index (κ3) is 3.23. The molecule has 23 heavy (non-hydrogen) atoms. The molecule has 126 valence electrons. The molecule has 2 unspecified atom stereocenters. The van der Waals surface area contributed by atoms with Crippen molar-refractivity contribution in [1.82, 2.24) is 24.9 Å². The maximum absolute atomic E-state index is 10.6. The highest BCUT2D eigenvalue weighted by atomic mass is 16.5. The number of nitrogen functional groups attached to an aromatic ring is 1. The van der Waals surface area contributed by atoms with E-state index in [0.717, 1.165) is 32.4 Å². The number of nitrogens with one attached hydrogen (secondary N) is 1. The fraction of sp³-hybridized carbons (Fsp3) is 0.667. The lowest BCUT2D eigenvalue weighted by Gasteiger charge is -2.17. The number of nitrogens with zero attached hydrogens (tertiary/aromatic N) is 4. The molecule has 2 aromatic heterocycles. The molecule has 2 aromatic rings. The van der Waals surface area contributed by atoms with E-state index in [0.29, 0.717) is 11.3 Å². The normalized spacial score (nSPS) is 20.7. The van der Waals surface area contributed by atoms with Gasteiger partial charge in [-0.15, -0.1) is 5.10 Å². The van der Waals surface area contributed by atoms with E-state index in [1.165, 1.54) is 0 Å². The van der Waals surface area contributed by atoms with Crippen LogP contribution in [0.5, 0.6) is 6.01 Å². The van der Waals surface area contributed by atoms with Crippen LogP contribution in [0.3, 0.4) is 0 Å². The molecule has 0 spiro atoms. The predicted molar refractivity (Wildman–Crippen MR) is 86.1 cm³/mol. The van der Waals surface area contributed by atoms with Crippen LogP contribution < -0.4 is 15.8 Å². The number of aliphatic hydroxyl groups excluding tert-OH is 1. The zero-order valence-corrected chi connectivity index (χ0v) is 13.6. The Kier molecular flexibility index (Phi) is 4.63.